The Hall–Kier alpha value is -2.49. The minimum atomic E-state index is -0.446. The van der Waals surface area contributed by atoms with E-state index in [0.29, 0.717) is 0 Å². The van der Waals surface area contributed by atoms with Gasteiger partial charge in [0.1, 0.15) is 6.61 Å². The van der Waals surface area contributed by atoms with Crippen molar-refractivity contribution in [3.05, 3.63) is 82.4 Å². The number of carbonyl (C=O) groups excluding carboxylic acids is 1. The maximum atomic E-state index is 11.1. The molecule has 3 rings (SSSR count). The zero-order chi connectivity index (χ0) is 18.4. The van der Waals surface area contributed by atoms with Crippen molar-refractivity contribution < 1.29 is 9.90 Å². The van der Waals surface area contributed by atoms with Gasteiger partial charge in [0.2, 0.25) is 0 Å². The van der Waals surface area contributed by atoms with E-state index in [1.54, 1.807) is 6.08 Å². The van der Waals surface area contributed by atoms with Crippen LogP contribution in [0.3, 0.4) is 0 Å². The summed E-state index contributed by atoms with van der Waals surface area (Å²) in [5.41, 5.74) is 8.01. The van der Waals surface area contributed by atoms with Crippen molar-refractivity contribution in [1.29, 1.82) is 0 Å². The number of aliphatic hydroxyl groups is 1. The first kappa shape index (κ1) is 18.3. The van der Waals surface area contributed by atoms with Crippen LogP contribution in [0.5, 0.6) is 0 Å². The Labute approximate surface area is 155 Å². The molecule has 2 aromatic rings. The van der Waals surface area contributed by atoms with E-state index >= 15 is 0 Å². The summed E-state index contributed by atoms with van der Waals surface area (Å²) in [6.07, 6.45) is 5.26. The van der Waals surface area contributed by atoms with Gasteiger partial charge in [-0.25, -0.2) is 0 Å². The molecule has 3 heteroatoms. The number of allylic oxidation sites excluding steroid dienone is 1. The first-order valence-electron chi connectivity index (χ1n) is 9.05. The Morgan fingerprint density at radius 3 is 2.69 bits per heavy atom. The maximum Gasteiger partial charge on any atom is 0.181 e. The van der Waals surface area contributed by atoms with Crippen LogP contribution in [0.1, 0.15) is 35.6 Å². The largest absolute Gasteiger partial charge is 0.388 e. The summed E-state index contributed by atoms with van der Waals surface area (Å²) in [7, 11) is 0. The van der Waals surface area contributed by atoms with E-state index in [1.807, 2.05) is 12.1 Å². The van der Waals surface area contributed by atoms with Crippen LogP contribution in [0.2, 0.25) is 0 Å². The Balaban J connectivity index is 1.48. The van der Waals surface area contributed by atoms with Crippen molar-refractivity contribution in [3.8, 4) is 0 Å². The van der Waals surface area contributed by atoms with Crippen LogP contribution >= 0.6 is 0 Å². The second kappa shape index (κ2) is 8.75. The second-order valence-electron chi connectivity index (χ2n) is 6.72. The highest BCUT2D eigenvalue weighted by molar-refractivity contribution is 5.94. The van der Waals surface area contributed by atoms with Crippen molar-refractivity contribution >= 4 is 17.4 Å². The number of carbonyl (C=O) groups is 1. The predicted molar refractivity (Wildman–Crippen MR) is 107 cm³/mol. The average molecular weight is 347 g/mol. The van der Waals surface area contributed by atoms with Gasteiger partial charge in [-0.15, -0.1) is 0 Å². The number of nitrogens with one attached hydrogen (secondary N) is 1. The summed E-state index contributed by atoms with van der Waals surface area (Å²) in [6.45, 7) is 3.57. The molecule has 0 unspecified atom stereocenters. The molecule has 0 fully saturated rings. The summed E-state index contributed by atoms with van der Waals surface area (Å²) in [5, 5.41) is 12.2. The molecule has 0 heterocycles. The molecular weight excluding hydrogens is 322 g/mol. The van der Waals surface area contributed by atoms with Crippen LogP contribution in [-0.2, 0) is 17.8 Å². The molecule has 0 spiro atoms. The lowest BCUT2D eigenvalue weighted by molar-refractivity contribution is -0.117. The molecular formula is C23H25NO2. The number of fused-ring (bicyclic) bond motifs is 1. The summed E-state index contributed by atoms with van der Waals surface area (Å²) in [5.74, 6) is -0.283. The first-order chi connectivity index (χ1) is 12.7. The molecule has 3 nitrogen and oxygen atoms in total. The van der Waals surface area contributed by atoms with Crippen molar-refractivity contribution in [1.82, 2.24) is 5.32 Å². The lowest BCUT2D eigenvalue weighted by Crippen LogP contribution is -2.15. The summed E-state index contributed by atoms with van der Waals surface area (Å²) >= 11 is 0. The van der Waals surface area contributed by atoms with Crippen LogP contribution in [-0.4, -0.2) is 24.0 Å². The molecule has 1 aliphatic carbocycles. The summed E-state index contributed by atoms with van der Waals surface area (Å²) in [6, 6.07) is 16.8. The minimum absolute atomic E-state index is 0.283. The van der Waals surface area contributed by atoms with E-state index in [-0.39, 0.29) is 5.78 Å². The van der Waals surface area contributed by atoms with Crippen LogP contribution in [0, 0.1) is 0 Å². The summed E-state index contributed by atoms with van der Waals surface area (Å²) < 4.78 is 0. The predicted octanol–water partition coefficient (Wildman–Crippen LogP) is 3.77. The fourth-order valence-electron chi connectivity index (χ4n) is 3.37. The van der Waals surface area contributed by atoms with Gasteiger partial charge >= 0.3 is 0 Å². The second-order valence-corrected chi connectivity index (χ2v) is 6.72. The molecule has 2 aromatic carbocycles. The van der Waals surface area contributed by atoms with Gasteiger partial charge in [-0.05, 0) is 60.2 Å². The van der Waals surface area contributed by atoms with E-state index in [0.717, 1.165) is 31.5 Å². The number of ketones is 1. The van der Waals surface area contributed by atoms with Crippen LogP contribution < -0.4 is 5.32 Å². The minimum Gasteiger partial charge on any atom is -0.388 e. The molecule has 134 valence electrons. The van der Waals surface area contributed by atoms with Crippen molar-refractivity contribution in [3.63, 3.8) is 0 Å². The number of hydrogen-bond donors (Lipinski definition) is 2. The number of rotatable bonds is 8. The van der Waals surface area contributed by atoms with Gasteiger partial charge in [0, 0.05) is 6.54 Å². The van der Waals surface area contributed by atoms with E-state index in [4.69, 9.17) is 5.11 Å². The van der Waals surface area contributed by atoms with Crippen LogP contribution in [0.4, 0.5) is 0 Å². The highest BCUT2D eigenvalue weighted by Crippen LogP contribution is 2.34. The van der Waals surface area contributed by atoms with E-state index in [1.165, 1.54) is 33.9 Å². The number of hydrogen-bond acceptors (Lipinski definition) is 3. The molecule has 0 saturated heterocycles. The monoisotopic (exact) mass is 347 g/mol. The van der Waals surface area contributed by atoms with Crippen molar-refractivity contribution in [2.75, 3.05) is 13.2 Å². The molecule has 0 atom stereocenters. The molecule has 0 saturated carbocycles. The SMILES string of the molecule is CC1=C(CCNCc2ccc(/C=C/C(=O)CO)cc2)c2ccccc2C1. The molecule has 26 heavy (non-hydrogen) atoms. The highest BCUT2D eigenvalue weighted by atomic mass is 16.3. The Morgan fingerprint density at radius 1 is 1.15 bits per heavy atom. The smallest absolute Gasteiger partial charge is 0.181 e. The zero-order valence-corrected chi connectivity index (χ0v) is 15.2. The molecule has 0 radical (unpaired) electrons. The molecule has 2 N–H and O–H groups in total. The first-order valence-corrected chi connectivity index (χ1v) is 9.05. The quantitative estimate of drug-likeness (QED) is 0.564. The maximum absolute atomic E-state index is 11.1. The van der Waals surface area contributed by atoms with Gasteiger partial charge in [-0.1, -0.05) is 60.2 Å². The fourth-order valence-corrected chi connectivity index (χ4v) is 3.37. The third-order valence-electron chi connectivity index (χ3n) is 4.79. The van der Waals surface area contributed by atoms with Gasteiger partial charge in [0.05, 0.1) is 0 Å². The number of aliphatic hydroxyl groups excluding tert-OH is 1. The number of benzene rings is 2. The van der Waals surface area contributed by atoms with Crippen LogP contribution in [0.25, 0.3) is 11.6 Å². The zero-order valence-electron chi connectivity index (χ0n) is 15.2. The third kappa shape index (κ3) is 4.57. The van der Waals surface area contributed by atoms with Crippen LogP contribution in [0.15, 0.2) is 60.2 Å². The van der Waals surface area contributed by atoms with Gasteiger partial charge in [-0.3, -0.25) is 4.79 Å². The molecule has 0 aromatic heterocycles. The van der Waals surface area contributed by atoms with Crippen molar-refractivity contribution in [2.24, 2.45) is 0 Å². The lowest BCUT2D eigenvalue weighted by atomic mass is 10.0. The molecule has 0 aliphatic heterocycles. The molecule has 0 bridgehead atoms. The standard InChI is InChI=1S/C23H25NO2/c1-17-14-20-4-2-3-5-23(20)22(17)12-13-24-15-19-8-6-18(7-9-19)10-11-21(26)16-25/h2-11,24-25H,12-16H2,1H3/b11-10+. The van der Waals surface area contributed by atoms with Gasteiger partial charge in [-0.2, -0.15) is 0 Å². The van der Waals surface area contributed by atoms with E-state index < -0.39 is 6.61 Å². The van der Waals surface area contributed by atoms with Gasteiger partial charge in [0.25, 0.3) is 0 Å². The van der Waals surface area contributed by atoms with Crippen molar-refractivity contribution in [2.45, 2.75) is 26.3 Å². The normalized spacial score (nSPS) is 13.5. The van der Waals surface area contributed by atoms with Gasteiger partial charge < -0.3 is 10.4 Å². The Bertz CT molecular complexity index is 832. The van der Waals surface area contributed by atoms with E-state index in [9.17, 15) is 4.79 Å². The molecule has 0 amide bonds. The third-order valence-corrected chi connectivity index (χ3v) is 4.79. The topological polar surface area (TPSA) is 49.3 Å². The fraction of sp³-hybridized carbons (Fsp3) is 0.261. The average Bonchev–Trinajstić information content (AvgIpc) is 2.99. The lowest BCUT2D eigenvalue weighted by Gasteiger charge is -2.09. The molecule has 1 aliphatic rings. The van der Waals surface area contributed by atoms with Gasteiger partial charge in [0.15, 0.2) is 5.78 Å². The Morgan fingerprint density at radius 2 is 1.92 bits per heavy atom. The van der Waals surface area contributed by atoms with E-state index in [2.05, 4.69) is 48.6 Å². The highest BCUT2D eigenvalue weighted by Gasteiger charge is 2.17. The Kier molecular flexibility index (Phi) is 6.16. The summed E-state index contributed by atoms with van der Waals surface area (Å²) in [4.78, 5) is 11.1.